The van der Waals surface area contributed by atoms with Crippen LogP contribution in [0.5, 0.6) is 0 Å². The molecule has 0 heterocycles. The summed E-state index contributed by atoms with van der Waals surface area (Å²) in [5.41, 5.74) is 0. The SMILES string of the molecule is CC/C=C\C/C=C\C/C=C\C/C=C\C/C=C\CCCCCC(=O)OC(COC(=O)CCCCCCCCCCCCCCC)COP(=O)(O)OCC(CO)OC(=O)C/C=C\C/C=C\C/C=C\C/C=C\C/C=C\CC. The van der Waals surface area contributed by atoms with Crippen LogP contribution in [0.4, 0.5) is 0 Å². The first-order chi connectivity index (χ1) is 36.2. The van der Waals surface area contributed by atoms with Crippen molar-refractivity contribution in [2.24, 2.45) is 0 Å². The fraction of sp³-hybridized carbons (Fsp3) is 0.629. The third kappa shape index (κ3) is 52.7. The highest BCUT2D eigenvalue weighted by atomic mass is 31.2. The molecule has 11 nitrogen and oxygen atoms in total. The lowest BCUT2D eigenvalue weighted by Gasteiger charge is -2.21. The second kappa shape index (κ2) is 55.1. The van der Waals surface area contributed by atoms with Gasteiger partial charge in [0, 0.05) is 12.8 Å². The van der Waals surface area contributed by atoms with Crippen LogP contribution < -0.4 is 0 Å². The first-order valence-electron chi connectivity index (χ1n) is 28.4. The Kier molecular flexibility index (Phi) is 52.1. The molecule has 0 aromatic heterocycles. The van der Waals surface area contributed by atoms with Crippen molar-refractivity contribution in [1.82, 2.24) is 0 Å². The number of unbranched alkanes of at least 4 members (excludes halogenated alkanes) is 15. The van der Waals surface area contributed by atoms with Crippen LogP contribution >= 0.6 is 7.82 Å². The zero-order valence-electron chi connectivity index (χ0n) is 46.3. The number of aliphatic hydroxyl groups excluding tert-OH is 1. The third-order valence-electron chi connectivity index (χ3n) is 11.4. The van der Waals surface area contributed by atoms with Crippen molar-refractivity contribution < 1.29 is 52.2 Å². The van der Waals surface area contributed by atoms with Crippen LogP contribution in [0, 0.1) is 0 Å². The molecule has 0 bridgehead atoms. The molecule has 0 aromatic carbocycles. The van der Waals surface area contributed by atoms with Gasteiger partial charge in [-0.25, -0.2) is 4.57 Å². The normalized spacial score (nSPS) is 14.3. The molecule has 12 heteroatoms. The van der Waals surface area contributed by atoms with E-state index in [1.807, 2.05) is 18.2 Å². The van der Waals surface area contributed by atoms with E-state index in [-0.39, 0.29) is 25.9 Å². The van der Waals surface area contributed by atoms with E-state index in [2.05, 4.69) is 118 Å². The molecule has 0 amide bonds. The predicted molar refractivity (Wildman–Crippen MR) is 306 cm³/mol. The van der Waals surface area contributed by atoms with Gasteiger partial charge in [0.2, 0.25) is 0 Å². The molecule has 0 rings (SSSR count). The van der Waals surface area contributed by atoms with Crippen molar-refractivity contribution in [1.29, 1.82) is 0 Å². The van der Waals surface area contributed by atoms with Gasteiger partial charge in [0.05, 0.1) is 26.2 Å². The number of esters is 3. The zero-order chi connectivity index (χ0) is 54.1. The summed E-state index contributed by atoms with van der Waals surface area (Å²) in [6.07, 6.45) is 67.6. The van der Waals surface area contributed by atoms with E-state index >= 15 is 0 Å². The standard InChI is InChI=1S/C62H101O11P/c1-4-7-10-13-16-19-22-25-27-28-29-30-32-35-38-41-44-47-50-53-62(66)73-59(55-69-60(64)51-48-45-42-39-36-33-24-21-18-15-12-9-6-3)57-71-74(67,68)70-56-58(54-63)72-61(65)52-49-46-43-40-37-34-31-26-23-20-17-14-11-8-5-2/h7-8,10-11,16-17,19-20,25-27,29-31,35,37-38,40,46,49,58-59,63H,4-6,9,12-15,18,21-24,28,32-34,36,39,41-45,47-48,50-57H2,1-3H3,(H,67,68)/b10-7-,11-8-,19-16-,20-17-,27-25-,30-29-,31-26-,38-35-,40-37-,49-46-. The second-order valence-electron chi connectivity index (χ2n) is 18.4. The van der Waals surface area contributed by atoms with Gasteiger partial charge < -0.3 is 24.2 Å². The van der Waals surface area contributed by atoms with E-state index in [0.29, 0.717) is 19.3 Å². The van der Waals surface area contributed by atoms with Gasteiger partial charge in [0.15, 0.2) is 6.10 Å². The number of phosphoric ester groups is 1. The number of rotatable bonds is 51. The summed E-state index contributed by atoms with van der Waals surface area (Å²) in [6.45, 7) is 4.25. The van der Waals surface area contributed by atoms with Gasteiger partial charge in [-0.1, -0.05) is 226 Å². The van der Waals surface area contributed by atoms with E-state index in [4.69, 9.17) is 23.3 Å². The monoisotopic (exact) mass is 1050 g/mol. The summed E-state index contributed by atoms with van der Waals surface area (Å²) in [5, 5.41) is 9.79. The van der Waals surface area contributed by atoms with E-state index in [1.165, 1.54) is 57.8 Å². The summed E-state index contributed by atoms with van der Waals surface area (Å²) in [5.74, 6) is -1.65. The van der Waals surface area contributed by atoms with Gasteiger partial charge >= 0.3 is 25.7 Å². The average molecular weight is 1050 g/mol. The van der Waals surface area contributed by atoms with Gasteiger partial charge in [-0.3, -0.25) is 23.4 Å². The summed E-state index contributed by atoms with van der Waals surface area (Å²) in [6, 6.07) is 0. The molecular weight excluding hydrogens is 952 g/mol. The lowest BCUT2D eigenvalue weighted by atomic mass is 10.0. The maximum absolute atomic E-state index is 12.9. The average Bonchev–Trinajstić information content (AvgIpc) is 3.39. The highest BCUT2D eigenvalue weighted by Gasteiger charge is 2.28. The van der Waals surface area contributed by atoms with Crippen molar-refractivity contribution in [2.75, 3.05) is 26.4 Å². The molecule has 0 radical (unpaired) electrons. The molecule has 0 aliphatic rings. The fourth-order valence-corrected chi connectivity index (χ4v) is 7.95. The molecule has 0 fully saturated rings. The number of hydrogen-bond acceptors (Lipinski definition) is 10. The minimum absolute atomic E-state index is 0.0628. The molecule has 0 aliphatic heterocycles. The van der Waals surface area contributed by atoms with E-state index in [1.54, 1.807) is 6.08 Å². The largest absolute Gasteiger partial charge is 0.472 e. The Morgan fingerprint density at radius 2 is 0.757 bits per heavy atom. The number of carbonyl (C=O) groups is 3. The number of allylic oxidation sites excluding steroid dienone is 19. The van der Waals surface area contributed by atoms with Gasteiger partial charge in [0.25, 0.3) is 0 Å². The molecule has 0 spiro atoms. The van der Waals surface area contributed by atoms with Gasteiger partial charge in [0.1, 0.15) is 12.7 Å². The molecule has 0 aliphatic carbocycles. The fourth-order valence-electron chi connectivity index (χ4n) is 7.16. The van der Waals surface area contributed by atoms with Crippen molar-refractivity contribution >= 4 is 25.7 Å². The van der Waals surface area contributed by atoms with Crippen LogP contribution in [0.1, 0.15) is 213 Å². The van der Waals surface area contributed by atoms with Crippen molar-refractivity contribution in [3.63, 3.8) is 0 Å². The number of aliphatic hydroxyl groups is 1. The lowest BCUT2D eigenvalue weighted by molar-refractivity contribution is -0.161. The van der Waals surface area contributed by atoms with Crippen LogP contribution in [-0.2, 0) is 42.2 Å². The number of phosphoric acid groups is 1. The minimum Gasteiger partial charge on any atom is -0.462 e. The van der Waals surface area contributed by atoms with Gasteiger partial charge in [-0.15, -0.1) is 0 Å². The Morgan fingerprint density at radius 1 is 0.405 bits per heavy atom. The molecule has 420 valence electrons. The topological polar surface area (TPSA) is 155 Å². The lowest BCUT2D eigenvalue weighted by Crippen LogP contribution is -2.30. The van der Waals surface area contributed by atoms with Crippen LogP contribution in [0.2, 0.25) is 0 Å². The Labute approximate surface area is 449 Å². The summed E-state index contributed by atoms with van der Waals surface area (Å²) >= 11 is 0. The second-order valence-corrected chi connectivity index (χ2v) is 19.8. The molecular formula is C62H101O11P. The molecule has 0 aromatic rings. The van der Waals surface area contributed by atoms with Crippen LogP contribution in [0.3, 0.4) is 0 Å². The zero-order valence-corrected chi connectivity index (χ0v) is 47.2. The predicted octanol–water partition coefficient (Wildman–Crippen LogP) is 16.8. The van der Waals surface area contributed by atoms with Gasteiger partial charge in [-0.2, -0.15) is 0 Å². The molecule has 0 saturated heterocycles. The van der Waals surface area contributed by atoms with Crippen molar-refractivity contribution in [3.8, 4) is 0 Å². The smallest absolute Gasteiger partial charge is 0.462 e. The Morgan fingerprint density at radius 3 is 1.19 bits per heavy atom. The highest BCUT2D eigenvalue weighted by Crippen LogP contribution is 2.43. The summed E-state index contributed by atoms with van der Waals surface area (Å²) in [7, 11) is -4.79. The molecule has 74 heavy (non-hydrogen) atoms. The van der Waals surface area contributed by atoms with E-state index in [9.17, 15) is 28.9 Å². The van der Waals surface area contributed by atoms with Crippen LogP contribution in [0.15, 0.2) is 122 Å². The molecule has 0 saturated carbocycles. The summed E-state index contributed by atoms with van der Waals surface area (Å²) in [4.78, 5) is 48.4. The third-order valence-corrected chi connectivity index (χ3v) is 12.4. The number of carbonyl (C=O) groups excluding carboxylic acids is 3. The quantitative estimate of drug-likeness (QED) is 0.0197. The van der Waals surface area contributed by atoms with Crippen molar-refractivity contribution in [3.05, 3.63) is 122 Å². The minimum atomic E-state index is -4.79. The maximum atomic E-state index is 12.9. The van der Waals surface area contributed by atoms with Gasteiger partial charge in [-0.05, 0) is 89.9 Å². The maximum Gasteiger partial charge on any atom is 0.472 e. The Balaban J connectivity index is 4.88. The Bertz CT molecular complexity index is 1700. The number of hydrogen-bond donors (Lipinski definition) is 2. The summed E-state index contributed by atoms with van der Waals surface area (Å²) < 4.78 is 39.3. The first kappa shape index (κ1) is 69.9. The molecule has 2 N–H and O–H groups in total. The van der Waals surface area contributed by atoms with E-state index < -0.39 is 57.8 Å². The van der Waals surface area contributed by atoms with Crippen LogP contribution in [0.25, 0.3) is 0 Å². The molecule has 3 unspecified atom stereocenters. The van der Waals surface area contributed by atoms with Crippen LogP contribution in [-0.4, -0.2) is 66.5 Å². The molecule has 3 atom stereocenters. The van der Waals surface area contributed by atoms with Crippen molar-refractivity contribution in [2.45, 2.75) is 226 Å². The van der Waals surface area contributed by atoms with E-state index in [0.717, 1.165) is 96.3 Å². The first-order valence-corrected chi connectivity index (χ1v) is 29.9. The highest BCUT2D eigenvalue weighted by molar-refractivity contribution is 7.47. The Hall–Kier alpha value is -4.12. The number of ether oxygens (including phenoxy) is 3.